The molecule has 156 valence electrons. The molecule has 3 amide bonds. The molecule has 0 spiro atoms. The molecule has 0 saturated carbocycles. The molecule has 2 aromatic heterocycles. The molecule has 0 radical (unpaired) electrons. The molecule has 9 nitrogen and oxygen atoms in total. The molecule has 0 atom stereocenters. The van der Waals surface area contributed by atoms with E-state index in [4.69, 9.17) is 4.74 Å². The molecule has 0 fully saturated rings. The number of urea groups is 1. The Hall–Kier alpha value is -3.75. The summed E-state index contributed by atoms with van der Waals surface area (Å²) in [6.45, 7) is 7.33. The summed E-state index contributed by atoms with van der Waals surface area (Å²) >= 11 is 0. The van der Waals surface area contributed by atoms with Gasteiger partial charge in [-0.2, -0.15) is 0 Å². The van der Waals surface area contributed by atoms with Gasteiger partial charge in [0.25, 0.3) is 0 Å². The number of rotatable bonds is 6. The molecule has 0 aliphatic carbocycles. The van der Waals surface area contributed by atoms with Crippen molar-refractivity contribution < 1.29 is 14.3 Å². The van der Waals surface area contributed by atoms with Gasteiger partial charge in [-0.05, 0) is 57.2 Å². The highest BCUT2D eigenvalue weighted by Gasteiger charge is 2.12. The van der Waals surface area contributed by atoms with Gasteiger partial charge >= 0.3 is 12.1 Å². The van der Waals surface area contributed by atoms with Crippen LogP contribution in [0.25, 0.3) is 22.4 Å². The third-order valence-corrected chi connectivity index (χ3v) is 4.36. The van der Waals surface area contributed by atoms with Crippen molar-refractivity contribution in [3.05, 3.63) is 42.6 Å². The van der Waals surface area contributed by atoms with Gasteiger partial charge in [0.2, 0.25) is 0 Å². The van der Waals surface area contributed by atoms with E-state index in [0.29, 0.717) is 48.1 Å². The number of amides is 3. The molecular formula is C21H24N6O3. The lowest BCUT2D eigenvalue weighted by Crippen LogP contribution is -2.33. The first-order chi connectivity index (χ1) is 14.5. The van der Waals surface area contributed by atoms with Gasteiger partial charge in [0.1, 0.15) is 17.1 Å². The second-order valence-electron chi connectivity index (χ2n) is 6.34. The first-order valence-corrected chi connectivity index (χ1v) is 9.79. The van der Waals surface area contributed by atoms with E-state index in [9.17, 15) is 9.59 Å². The van der Waals surface area contributed by atoms with Crippen molar-refractivity contribution in [3.8, 4) is 17.0 Å². The van der Waals surface area contributed by atoms with E-state index in [1.54, 1.807) is 47.5 Å². The number of pyridine rings is 1. The van der Waals surface area contributed by atoms with Gasteiger partial charge in [-0.25, -0.2) is 19.6 Å². The SMILES string of the molecule is CCNC(=O)Nc1ccc2ncc(-c3ccc(OC(=O)N(CC)CC)cc3)nc2n1. The number of aromatic nitrogens is 3. The van der Waals surface area contributed by atoms with Crippen molar-refractivity contribution in [2.45, 2.75) is 20.8 Å². The van der Waals surface area contributed by atoms with E-state index < -0.39 is 0 Å². The predicted octanol–water partition coefficient (Wildman–Crippen LogP) is 3.67. The normalized spacial score (nSPS) is 10.5. The summed E-state index contributed by atoms with van der Waals surface area (Å²) in [5, 5.41) is 5.30. The fourth-order valence-corrected chi connectivity index (χ4v) is 2.77. The summed E-state index contributed by atoms with van der Waals surface area (Å²) in [5.41, 5.74) is 2.45. The lowest BCUT2D eigenvalue weighted by atomic mass is 10.1. The van der Waals surface area contributed by atoms with Gasteiger partial charge < -0.3 is 15.0 Å². The van der Waals surface area contributed by atoms with E-state index >= 15 is 0 Å². The van der Waals surface area contributed by atoms with Crippen molar-refractivity contribution in [3.63, 3.8) is 0 Å². The van der Waals surface area contributed by atoms with Crippen molar-refractivity contribution in [2.24, 2.45) is 0 Å². The number of ether oxygens (including phenoxy) is 1. The molecule has 2 heterocycles. The average Bonchev–Trinajstić information content (AvgIpc) is 2.75. The van der Waals surface area contributed by atoms with Crippen molar-refractivity contribution in [2.75, 3.05) is 25.0 Å². The molecule has 9 heteroatoms. The molecule has 3 rings (SSSR count). The van der Waals surface area contributed by atoms with Gasteiger partial charge in [0.15, 0.2) is 5.65 Å². The number of nitrogens with one attached hydrogen (secondary N) is 2. The molecule has 2 N–H and O–H groups in total. The Bertz CT molecular complexity index is 1030. The summed E-state index contributed by atoms with van der Waals surface area (Å²) in [7, 11) is 0. The van der Waals surface area contributed by atoms with Crippen LogP contribution in [0.1, 0.15) is 20.8 Å². The van der Waals surface area contributed by atoms with Crippen LogP contribution >= 0.6 is 0 Å². The highest BCUT2D eigenvalue weighted by molar-refractivity contribution is 5.89. The number of carbonyl (C=O) groups is 2. The van der Waals surface area contributed by atoms with Crippen molar-refractivity contribution >= 4 is 29.1 Å². The Morgan fingerprint density at radius 2 is 1.73 bits per heavy atom. The molecule has 1 aromatic carbocycles. The van der Waals surface area contributed by atoms with Gasteiger partial charge in [-0.15, -0.1) is 0 Å². The van der Waals surface area contributed by atoms with Crippen LogP contribution in [0.15, 0.2) is 42.6 Å². The largest absolute Gasteiger partial charge is 0.415 e. The fraction of sp³-hybridized carbons (Fsp3) is 0.286. The van der Waals surface area contributed by atoms with Crippen LogP contribution in [-0.4, -0.2) is 51.6 Å². The third kappa shape index (κ3) is 4.99. The summed E-state index contributed by atoms with van der Waals surface area (Å²) < 4.78 is 5.38. The maximum Gasteiger partial charge on any atom is 0.415 e. The average molecular weight is 408 g/mol. The Morgan fingerprint density at radius 1 is 1.00 bits per heavy atom. The van der Waals surface area contributed by atoms with Crippen molar-refractivity contribution in [1.82, 2.24) is 25.2 Å². The lowest BCUT2D eigenvalue weighted by molar-refractivity contribution is 0.157. The zero-order valence-corrected chi connectivity index (χ0v) is 17.2. The molecule has 0 bridgehead atoms. The fourth-order valence-electron chi connectivity index (χ4n) is 2.77. The first kappa shape index (κ1) is 21.0. The van der Waals surface area contributed by atoms with Gasteiger partial charge in [-0.1, -0.05) is 0 Å². The molecule has 0 aliphatic heterocycles. The Morgan fingerprint density at radius 3 is 2.40 bits per heavy atom. The summed E-state index contributed by atoms with van der Waals surface area (Å²) in [5.74, 6) is 0.842. The monoisotopic (exact) mass is 408 g/mol. The number of hydrogen-bond acceptors (Lipinski definition) is 6. The van der Waals surface area contributed by atoms with Gasteiger partial charge in [0.05, 0.1) is 11.9 Å². The maximum absolute atomic E-state index is 12.1. The smallest absolute Gasteiger partial charge is 0.410 e. The minimum Gasteiger partial charge on any atom is -0.410 e. The first-order valence-electron chi connectivity index (χ1n) is 9.79. The highest BCUT2D eigenvalue weighted by atomic mass is 16.6. The second-order valence-corrected chi connectivity index (χ2v) is 6.34. The molecular weight excluding hydrogens is 384 g/mol. The zero-order valence-electron chi connectivity index (χ0n) is 17.2. The predicted molar refractivity (Wildman–Crippen MR) is 114 cm³/mol. The molecule has 30 heavy (non-hydrogen) atoms. The Kier molecular flexibility index (Phi) is 6.74. The van der Waals surface area contributed by atoms with E-state index in [1.807, 2.05) is 20.8 Å². The van der Waals surface area contributed by atoms with Crippen LogP contribution in [-0.2, 0) is 0 Å². The van der Waals surface area contributed by atoms with Crippen LogP contribution in [0.4, 0.5) is 15.4 Å². The van der Waals surface area contributed by atoms with E-state index in [0.717, 1.165) is 5.56 Å². The van der Waals surface area contributed by atoms with Crippen LogP contribution in [0.3, 0.4) is 0 Å². The Labute approximate surface area is 174 Å². The van der Waals surface area contributed by atoms with E-state index in [2.05, 4.69) is 25.6 Å². The lowest BCUT2D eigenvalue weighted by Gasteiger charge is -2.17. The van der Waals surface area contributed by atoms with Crippen LogP contribution in [0.5, 0.6) is 5.75 Å². The van der Waals surface area contributed by atoms with Crippen LogP contribution < -0.4 is 15.4 Å². The number of carbonyl (C=O) groups excluding carboxylic acids is 2. The van der Waals surface area contributed by atoms with Crippen LogP contribution in [0.2, 0.25) is 0 Å². The molecule has 0 unspecified atom stereocenters. The van der Waals surface area contributed by atoms with Gasteiger partial charge in [-0.3, -0.25) is 10.3 Å². The topological polar surface area (TPSA) is 109 Å². The number of hydrogen-bond donors (Lipinski definition) is 2. The standard InChI is InChI=1S/C21H24N6O3/c1-4-22-20(28)26-18-12-11-16-19(25-18)24-17(13-23-16)14-7-9-15(10-8-14)30-21(29)27(5-2)6-3/h7-13H,4-6H2,1-3H3,(H2,22,24,25,26,28). The summed E-state index contributed by atoms with van der Waals surface area (Å²) in [4.78, 5) is 38.6. The molecule has 3 aromatic rings. The Balaban J connectivity index is 1.78. The number of fused-ring (bicyclic) bond motifs is 1. The van der Waals surface area contributed by atoms with E-state index in [-0.39, 0.29) is 12.1 Å². The van der Waals surface area contributed by atoms with Gasteiger partial charge in [0, 0.05) is 25.2 Å². The minimum absolute atomic E-state index is 0.330. The zero-order chi connectivity index (χ0) is 21.5. The molecule has 0 aliphatic rings. The van der Waals surface area contributed by atoms with E-state index in [1.165, 1.54) is 0 Å². The van der Waals surface area contributed by atoms with Crippen molar-refractivity contribution in [1.29, 1.82) is 0 Å². The maximum atomic E-state index is 12.1. The summed E-state index contributed by atoms with van der Waals surface area (Å²) in [6, 6.07) is 10.1. The molecule has 0 saturated heterocycles. The van der Waals surface area contributed by atoms with Crippen LogP contribution in [0, 0.1) is 0 Å². The number of nitrogens with zero attached hydrogens (tertiary/aromatic N) is 4. The quantitative estimate of drug-likeness (QED) is 0.644. The minimum atomic E-state index is -0.380. The number of benzene rings is 1. The summed E-state index contributed by atoms with van der Waals surface area (Å²) in [6.07, 6.45) is 1.27. The second kappa shape index (κ2) is 9.64. The number of anilines is 1. The highest BCUT2D eigenvalue weighted by Crippen LogP contribution is 2.22. The third-order valence-electron chi connectivity index (χ3n) is 4.36.